The van der Waals surface area contributed by atoms with Gasteiger partial charge in [-0.05, 0) is 26.4 Å². The molecule has 0 aromatic heterocycles. The number of hydrogen-bond donors (Lipinski definition) is 0. The maximum Gasteiger partial charge on any atom is 0.311 e. The zero-order valence-electron chi connectivity index (χ0n) is 11.2. The lowest BCUT2D eigenvalue weighted by Crippen LogP contribution is -2.37. The molecule has 0 spiro atoms. The van der Waals surface area contributed by atoms with Gasteiger partial charge in [-0.3, -0.25) is 4.79 Å². The number of nitrogens with zero attached hydrogens (tertiary/aromatic N) is 1. The number of piperidine rings is 1. The fourth-order valence-electron chi connectivity index (χ4n) is 2.40. The van der Waals surface area contributed by atoms with E-state index in [4.69, 9.17) is 11.2 Å². The van der Waals surface area contributed by atoms with Crippen molar-refractivity contribution in [3.8, 4) is 12.3 Å². The number of esters is 1. The maximum atomic E-state index is 12.1. The molecule has 1 aliphatic heterocycles. The summed E-state index contributed by atoms with van der Waals surface area (Å²) in [6.45, 7) is 1.80. The average Bonchev–Trinajstić information content (AvgIpc) is 2.45. The predicted octanol–water partition coefficient (Wildman–Crippen LogP) is 2.25. The third kappa shape index (κ3) is 3.59. The molecule has 1 aliphatic rings. The molecule has 3 heteroatoms. The van der Waals surface area contributed by atoms with Gasteiger partial charge >= 0.3 is 5.97 Å². The van der Waals surface area contributed by atoms with E-state index in [0.717, 1.165) is 31.5 Å². The Bertz CT molecular complexity index is 463. The molecule has 0 amide bonds. The van der Waals surface area contributed by atoms with Gasteiger partial charge in [0.25, 0.3) is 0 Å². The number of terminal acetylenes is 1. The van der Waals surface area contributed by atoms with Crippen LogP contribution in [0, 0.1) is 18.3 Å². The van der Waals surface area contributed by atoms with Crippen LogP contribution in [-0.2, 0) is 9.53 Å². The van der Waals surface area contributed by atoms with E-state index in [1.807, 2.05) is 37.4 Å². The molecule has 0 saturated carbocycles. The summed E-state index contributed by atoms with van der Waals surface area (Å²) in [5, 5.41) is 0. The van der Waals surface area contributed by atoms with Crippen molar-refractivity contribution in [3.05, 3.63) is 35.9 Å². The Morgan fingerprint density at radius 3 is 2.84 bits per heavy atom. The molecule has 0 radical (unpaired) electrons. The van der Waals surface area contributed by atoms with Gasteiger partial charge in [0.1, 0.15) is 0 Å². The van der Waals surface area contributed by atoms with E-state index in [-0.39, 0.29) is 11.9 Å². The summed E-state index contributed by atoms with van der Waals surface area (Å²) in [5.74, 6) is 2.30. The van der Waals surface area contributed by atoms with Crippen molar-refractivity contribution in [2.45, 2.75) is 18.9 Å². The largest absolute Gasteiger partial charge is 0.444 e. The first-order valence-electron chi connectivity index (χ1n) is 6.61. The van der Waals surface area contributed by atoms with Gasteiger partial charge < -0.3 is 9.64 Å². The highest BCUT2D eigenvalue weighted by molar-refractivity contribution is 5.73. The molecule has 2 unspecified atom stereocenters. The number of benzene rings is 1. The molecule has 2 rings (SSSR count). The fourth-order valence-corrected chi connectivity index (χ4v) is 2.40. The second kappa shape index (κ2) is 6.40. The van der Waals surface area contributed by atoms with Crippen LogP contribution < -0.4 is 0 Å². The Hall–Kier alpha value is -1.79. The first kappa shape index (κ1) is 13.6. The van der Waals surface area contributed by atoms with Crippen LogP contribution in [0.15, 0.2) is 30.3 Å². The Morgan fingerprint density at radius 2 is 2.21 bits per heavy atom. The lowest BCUT2D eigenvalue weighted by atomic mass is 9.98. The molecule has 0 bridgehead atoms. The van der Waals surface area contributed by atoms with Crippen LogP contribution in [0.1, 0.15) is 24.5 Å². The number of carbonyl (C=O) groups is 1. The van der Waals surface area contributed by atoms with Gasteiger partial charge in [0.15, 0.2) is 6.10 Å². The minimum atomic E-state index is -0.582. The molecule has 1 heterocycles. The molecule has 1 saturated heterocycles. The minimum Gasteiger partial charge on any atom is -0.444 e. The number of hydrogen-bond acceptors (Lipinski definition) is 3. The van der Waals surface area contributed by atoms with Gasteiger partial charge in [-0.2, -0.15) is 0 Å². The summed E-state index contributed by atoms with van der Waals surface area (Å²) in [5.41, 5.74) is 0.850. The minimum absolute atomic E-state index is 0.0571. The van der Waals surface area contributed by atoms with Gasteiger partial charge in [-0.1, -0.05) is 36.3 Å². The van der Waals surface area contributed by atoms with Crippen LogP contribution in [0.25, 0.3) is 0 Å². The molecular weight excluding hydrogens is 238 g/mol. The van der Waals surface area contributed by atoms with Crippen molar-refractivity contribution >= 4 is 5.97 Å². The zero-order chi connectivity index (χ0) is 13.7. The van der Waals surface area contributed by atoms with Crippen molar-refractivity contribution in [1.29, 1.82) is 0 Å². The second-order valence-electron chi connectivity index (χ2n) is 5.00. The predicted molar refractivity (Wildman–Crippen MR) is 74.3 cm³/mol. The molecular formula is C16H19NO2. The van der Waals surface area contributed by atoms with E-state index in [0.29, 0.717) is 0 Å². The van der Waals surface area contributed by atoms with Gasteiger partial charge in [-0.25, -0.2) is 0 Å². The van der Waals surface area contributed by atoms with E-state index < -0.39 is 6.10 Å². The molecule has 2 atom stereocenters. The van der Waals surface area contributed by atoms with E-state index in [9.17, 15) is 4.79 Å². The number of ether oxygens (including phenoxy) is 1. The normalized spacial score (nSPS) is 21.4. The summed E-state index contributed by atoms with van der Waals surface area (Å²) in [6.07, 6.45) is 6.80. The quantitative estimate of drug-likeness (QED) is 0.614. The highest BCUT2D eigenvalue weighted by atomic mass is 16.5. The monoisotopic (exact) mass is 257 g/mol. The van der Waals surface area contributed by atoms with Crippen LogP contribution in [0.3, 0.4) is 0 Å². The van der Waals surface area contributed by atoms with Crippen LogP contribution in [0.2, 0.25) is 0 Å². The summed E-state index contributed by atoms with van der Waals surface area (Å²) in [4.78, 5) is 14.3. The van der Waals surface area contributed by atoms with Crippen LogP contribution in [0.5, 0.6) is 0 Å². The molecule has 1 aromatic carbocycles. The first-order chi connectivity index (χ1) is 9.20. The maximum absolute atomic E-state index is 12.1. The Morgan fingerprint density at radius 1 is 1.47 bits per heavy atom. The van der Waals surface area contributed by atoms with E-state index in [1.165, 1.54) is 0 Å². The Balaban J connectivity index is 1.99. The summed E-state index contributed by atoms with van der Waals surface area (Å²) >= 11 is 0. The second-order valence-corrected chi connectivity index (χ2v) is 5.00. The molecule has 1 aromatic rings. The third-order valence-electron chi connectivity index (χ3n) is 3.45. The zero-order valence-corrected chi connectivity index (χ0v) is 11.2. The summed E-state index contributed by atoms with van der Waals surface area (Å²) in [7, 11) is 2.02. The number of likely N-dealkylation sites (tertiary alicyclic amines) is 1. The Labute approximate surface area is 114 Å². The van der Waals surface area contributed by atoms with Crippen molar-refractivity contribution < 1.29 is 9.53 Å². The van der Waals surface area contributed by atoms with Crippen LogP contribution in [-0.4, -0.2) is 31.0 Å². The smallest absolute Gasteiger partial charge is 0.311 e. The summed E-state index contributed by atoms with van der Waals surface area (Å²) in [6, 6.07) is 9.45. The molecule has 3 nitrogen and oxygen atoms in total. The number of rotatable bonds is 3. The Kier molecular flexibility index (Phi) is 4.59. The molecule has 19 heavy (non-hydrogen) atoms. The highest BCUT2D eigenvalue weighted by Gasteiger charge is 2.27. The highest BCUT2D eigenvalue weighted by Crippen LogP contribution is 2.22. The van der Waals surface area contributed by atoms with Crippen molar-refractivity contribution in [1.82, 2.24) is 4.90 Å². The van der Waals surface area contributed by atoms with E-state index in [1.54, 1.807) is 0 Å². The third-order valence-corrected chi connectivity index (χ3v) is 3.45. The SMILES string of the molecule is C#CC(OC(=O)C1CCCN(C)C1)c1ccccc1. The lowest BCUT2D eigenvalue weighted by molar-refractivity contribution is -0.153. The van der Waals surface area contributed by atoms with Crippen LogP contribution >= 0.6 is 0 Å². The molecule has 0 N–H and O–H groups in total. The van der Waals surface area contributed by atoms with Gasteiger partial charge in [0.05, 0.1) is 5.92 Å². The molecule has 1 fully saturated rings. The molecule has 0 aliphatic carbocycles. The van der Waals surface area contributed by atoms with Crippen LogP contribution in [0.4, 0.5) is 0 Å². The lowest BCUT2D eigenvalue weighted by Gasteiger charge is -2.28. The first-order valence-corrected chi connectivity index (χ1v) is 6.61. The van der Waals surface area contributed by atoms with Gasteiger partial charge in [-0.15, -0.1) is 6.42 Å². The topological polar surface area (TPSA) is 29.5 Å². The number of carbonyl (C=O) groups excluding carboxylic acids is 1. The summed E-state index contributed by atoms with van der Waals surface area (Å²) < 4.78 is 5.47. The van der Waals surface area contributed by atoms with E-state index >= 15 is 0 Å². The average molecular weight is 257 g/mol. The van der Waals surface area contributed by atoms with Crippen molar-refractivity contribution in [2.75, 3.05) is 20.1 Å². The van der Waals surface area contributed by atoms with Crippen molar-refractivity contribution in [2.24, 2.45) is 5.92 Å². The standard InChI is InChI=1S/C16H19NO2/c1-3-15(13-8-5-4-6-9-13)19-16(18)14-10-7-11-17(2)12-14/h1,4-6,8-9,14-15H,7,10-12H2,2H3. The van der Waals surface area contributed by atoms with Gasteiger partial charge in [0.2, 0.25) is 0 Å². The van der Waals surface area contributed by atoms with Gasteiger partial charge in [0, 0.05) is 12.1 Å². The fraction of sp³-hybridized carbons (Fsp3) is 0.438. The molecule has 100 valence electrons. The van der Waals surface area contributed by atoms with E-state index in [2.05, 4.69) is 10.8 Å². The van der Waals surface area contributed by atoms with Crippen molar-refractivity contribution in [3.63, 3.8) is 0 Å².